The summed E-state index contributed by atoms with van der Waals surface area (Å²) in [6, 6.07) is 54.0. The predicted octanol–water partition coefficient (Wildman–Crippen LogP) is 18.8. The van der Waals surface area contributed by atoms with Gasteiger partial charge in [-0.15, -0.1) is 0 Å². The average molecular weight is 939 g/mol. The molecule has 358 valence electrons. The standard InChI is InChI=1S/C68H66N4/c1-65(2,3)46-35-44(36-47(39-46)66(4,5)6)61-54-28-26-52(69-54)60(41-20-14-13-15-21-41)53-27-29-55(70-53)62(45-37-48(67(7,8)9)40-49(38-45)68(10,11)12)57-31-33-59(72-57)64(58-32-30-56(61)71-58)63-50-24-18-16-22-42(50)34-43-23-17-19-25-51(43)63/h13-40,69,72H,1-12H3. The number of nitrogens with one attached hydrogen (secondary N) is 2. The van der Waals surface area contributed by atoms with Crippen LogP contribution in [0.5, 0.6) is 0 Å². The van der Waals surface area contributed by atoms with E-state index >= 15 is 0 Å². The van der Waals surface area contributed by atoms with Crippen LogP contribution in [0.15, 0.2) is 146 Å². The molecule has 4 nitrogen and oxygen atoms in total. The quantitative estimate of drug-likeness (QED) is 0.173. The minimum absolute atomic E-state index is 0.0876. The van der Waals surface area contributed by atoms with Crippen molar-refractivity contribution in [2.75, 3.05) is 0 Å². The maximum atomic E-state index is 5.82. The molecule has 2 aliphatic heterocycles. The molecule has 0 saturated heterocycles. The first-order chi connectivity index (χ1) is 34.2. The fourth-order valence-electron chi connectivity index (χ4n) is 10.5. The number of hydrogen-bond acceptors (Lipinski definition) is 2. The Morgan fingerprint density at radius 1 is 0.292 bits per heavy atom. The second-order valence-corrected chi connectivity index (χ2v) is 24.2. The van der Waals surface area contributed by atoms with Crippen molar-refractivity contribution in [2.45, 2.75) is 105 Å². The van der Waals surface area contributed by atoms with Crippen LogP contribution >= 0.6 is 0 Å². The summed E-state index contributed by atoms with van der Waals surface area (Å²) in [4.78, 5) is 19.6. The number of benzene rings is 6. The smallest absolute Gasteiger partial charge is 0.0737 e. The van der Waals surface area contributed by atoms with Crippen LogP contribution in [-0.2, 0) is 21.7 Å². The van der Waals surface area contributed by atoms with Gasteiger partial charge in [0.2, 0.25) is 0 Å². The molecular formula is C68H66N4. The molecule has 6 aromatic carbocycles. The number of nitrogens with zero attached hydrogens (tertiary/aromatic N) is 2. The number of hydrogen-bond donors (Lipinski definition) is 2. The summed E-state index contributed by atoms with van der Waals surface area (Å²) in [5, 5.41) is 4.72. The Hall–Kier alpha value is -7.56. The summed E-state index contributed by atoms with van der Waals surface area (Å²) < 4.78 is 0. The van der Waals surface area contributed by atoms with Gasteiger partial charge in [-0.25, -0.2) is 9.97 Å². The van der Waals surface area contributed by atoms with E-state index < -0.39 is 0 Å². The monoisotopic (exact) mass is 939 g/mol. The average Bonchev–Trinajstić information content (AvgIpc) is 4.19. The van der Waals surface area contributed by atoms with Crippen LogP contribution in [0.3, 0.4) is 0 Å². The van der Waals surface area contributed by atoms with Gasteiger partial charge in [0.1, 0.15) is 0 Å². The molecule has 0 aliphatic carbocycles. The van der Waals surface area contributed by atoms with Gasteiger partial charge >= 0.3 is 0 Å². The molecule has 0 fully saturated rings. The van der Waals surface area contributed by atoms with Crippen molar-refractivity contribution in [3.8, 4) is 44.5 Å². The number of rotatable bonds is 4. The van der Waals surface area contributed by atoms with Gasteiger partial charge in [-0.2, -0.15) is 0 Å². The largest absolute Gasteiger partial charge is 0.354 e. The van der Waals surface area contributed by atoms with E-state index in [-0.39, 0.29) is 21.7 Å². The van der Waals surface area contributed by atoms with E-state index in [0.29, 0.717) is 0 Å². The van der Waals surface area contributed by atoms with Crippen LogP contribution in [-0.4, -0.2) is 19.9 Å². The minimum Gasteiger partial charge on any atom is -0.354 e. The van der Waals surface area contributed by atoms with Crippen molar-refractivity contribution >= 4 is 67.9 Å². The lowest BCUT2D eigenvalue weighted by Crippen LogP contribution is -2.16. The van der Waals surface area contributed by atoms with Gasteiger partial charge in [-0.1, -0.05) is 198 Å². The molecule has 0 unspecified atom stereocenters. The van der Waals surface area contributed by atoms with Gasteiger partial charge < -0.3 is 9.97 Å². The number of fused-ring (bicyclic) bond motifs is 10. The minimum atomic E-state index is -0.0876. The van der Waals surface area contributed by atoms with Crippen LogP contribution in [0.1, 0.15) is 128 Å². The number of H-pyrrole nitrogens is 2. The number of aromatic amines is 2. The van der Waals surface area contributed by atoms with Crippen LogP contribution in [0, 0.1) is 0 Å². The van der Waals surface area contributed by atoms with Gasteiger partial charge in [-0.05, 0) is 137 Å². The molecule has 3 aromatic heterocycles. The lowest BCUT2D eigenvalue weighted by atomic mass is 9.78. The second-order valence-electron chi connectivity index (χ2n) is 24.2. The first kappa shape index (κ1) is 46.8. The Labute approximate surface area is 425 Å². The third-order valence-corrected chi connectivity index (χ3v) is 14.7. The van der Waals surface area contributed by atoms with Crippen molar-refractivity contribution in [3.05, 3.63) is 191 Å². The number of aromatic nitrogens is 4. The predicted molar refractivity (Wildman–Crippen MR) is 310 cm³/mol. The Bertz CT molecular complexity index is 3690. The van der Waals surface area contributed by atoms with Crippen molar-refractivity contribution < 1.29 is 0 Å². The Morgan fingerprint density at radius 3 is 0.986 bits per heavy atom. The molecule has 72 heavy (non-hydrogen) atoms. The Morgan fingerprint density at radius 2 is 0.611 bits per heavy atom. The first-order valence-corrected chi connectivity index (χ1v) is 25.6. The molecule has 2 aliphatic rings. The molecule has 0 atom stereocenters. The zero-order chi connectivity index (χ0) is 50.5. The van der Waals surface area contributed by atoms with Crippen LogP contribution in [0.25, 0.3) is 112 Å². The molecule has 2 N–H and O–H groups in total. The molecule has 0 saturated carbocycles. The van der Waals surface area contributed by atoms with E-state index in [9.17, 15) is 0 Å². The van der Waals surface area contributed by atoms with E-state index in [1.165, 1.54) is 43.8 Å². The molecule has 8 bridgehead atoms. The van der Waals surface area contributed by atoms with Gasteiger partial charge in [0.25, 0.3) is 0 Å². The van der Waals surface area contributed by atoms with Gasteiger partial charge in [0.05, 0.1) is 22.8 Å². The molecule has 5 heterocycles. The van der Waals surface area contributed by atoms with Crippen molar-refractivity contribution in [2.24, 2.45) is 0 Å². The maximum Gasteiger partial charge on any atom is 0.0737 e. The summed E-state index contributed by atoms with van der Waals surface area (Å²) in [6.45, 7) is 27.7. The maximum absolute atomic E-state index is 5.82. The van der Waals surface area contributed by atoms with Gasteiger partial charge in [0, 0.05) is 49.9 Å². The highest BCUT2D eigenvalue weighted by Gasteiger charge is 2.27. The zero-order valence-corrected chi connectivity index (χ0v) is 44.1. The Kier molecular flexibility index (Phi) is 11.1. The van der Waals surface area contributed by atoms with Crippen molar-refractivity contribution in [1.29, 1.82) is 0 Å². The molecule has 0 spiro atoms. The topological polar surface area (TPSA) is 57.4 Å². The van der Waals surface area contributed by atoms with Crippen molar-refractivity contribution in [3.63, 3.8) is 0 Å². The molecule has 0 amide bonds. The highest BCUT2D eigenvalue weighted by molar-refractivity contribution is 6.16. The molecular weight excluding hydrogens is 873 g/mol. The van der Waals surface area contributed by atoms with E-state index in [1.54, 1.807) is 0 Å². The van der Waals surface area contributed by atoms with E-state index in [1.807, 2.05) is 0 Å². The van der Waals surface area contributed by atoms with Crippen LogP contribution < -0.4 is 0 Å². The molecule has 9 aromatic rings. The summed E-state index contributed by atoms with van der Waals surface area (Å²) in [5.41, 5.74) is 21.1. The summed E-state index contributed by atoms with van der Waals surface area (Å²) in [5.74, 6) is 0. The fourth-order valence-corrected chi connectivity index (χ4v) is 10.5. The first-order valence-electron chi connectivity index (χ1n) is 25.6. The van der Waals surface area contributed by atoms with E-state index in [2.05, 4.69) is 263 Å². The van der Waals surface area contributed by atoms with Gasteiger partial charge in [0.15, 0.2) is 0 Å². The second kappa shape index (κ2) is 17.1. The molecule has 11 rings (SSSR count). The van der Waals surface area contributed by atoms with E-state index in [4.69, 9.17) is 9.97 Å². The third kappa shape index (κ3) is 8.51. The lowest BCUT2D eigenvalue weighted by Gasteiger charge is -2.26. The summed E-state index contributed by atoms with van der Waals surface area (Å²) in [6.07, 6.45) is 8.89. The van der Waals surface area contributed by atoms with E-state index in [0.717, 1.165) is 89.4 Å². The highest BCUT2D eigenvalue weighted by atomic mass is 14.8. The highest BCUT2D eigenvalue weighted by Crippen LogP contribution is 2.45. The lowest BCUT2D eigenvalue weighted by molar-refractivity contribution is 0.568. The molecule has 0 radical (unpaired) electrons. The van der Waals surface area contributed by atoms with Crippen LogP contribution in [0.4, 0.5) is 0 Å². The summed E-state index contributed by atoms with van der Waals surface area (Å²) >= 11 is 0. The summed E-state index contributed by atoms with van der Waals surface area (Å²) in [7, 11) is 0. The normalized spacial score (nSPS) is 13.2. The Balaban J connectivity index is 1.37. The zero-order valence-electron chi connectivity index (χ0n) is 44.1. The van der Waals surface area contributed by atoms with Crippen molar-refractivity contribution in [1.82, 2.24) is 19.9 Å². The van der Waals surface area contributed by atoms with Gasteiger partial charge in [-0.3, -0.25) is 0 Å². The fraction of sp³-hybridized carbons (Fsp3) is 0.235. The SMILES string of the molecule is CC(C)(C)c1cc(-c2c3nc(c(-c4c5ccccc5cc5ccccc45)c4ccc([nH]4)c(-c4cc(C(C)(C)C)cc(C(C)(C)C)c4)c4nc(c(-c5ccccc5)c5ccc2[nH]5)C=C4)C=C3)cc(C(C)(C)C)c1. The third-order valence-electron chi connectivity index (χ3n) is 14.7. The molecule has 4 heteroatoms. The van der Waals surface area contributed by atoms with Crippen LogP contribution in [0.2, 0.25) is 0 Å².